The van der Waals surface area contributed by atoms with E-state index in [0.29, 0.717) is 6.42 Å². The van der Waals surface area contributed by atoms with Crippen LogP contribution in [0, 0.1) is 0 Å². The molecule has 1 aromatic rings. The zero-order valence-corrected chi connectivity index (χ0v) is 11.5. The van der Waals surface area contributed by atoms with Gasteiger partial charge in [-0.25, -0.2) is 0 Å². The highest BCUT2D eigenvalue weighted by Gasteiger charge is 2.21. The first kappa shape index (κ1) is 13.9. The van der Waals surface area contributed by atoms with Gasteiger partial charge >= 0.3 is 0 Å². The van der Waals surface area contributed by atoms with Gasteiger partial charge in [-0.1, -0.05) is 18.2 Å². The maximum absolute atomic E-state index is 11.8. The van der Waals surface area contributed by atoms with Crippen LogP contribution < -0.4 is 16.0 Å². The first-order chi connectivity index (χ1) is 9.15. The fourth-order valence-corrected chi connectivity index (χ4v) is 2.55. The van der Waals surface area contributed by atoms with Crippen molar-refractivity contribution in [2.45, 2.75) is 38.3 Å². The summed E-state index contributed by atoms with van der Waals surface area (Å²) < 4.78 is 0. The normalized spacial score (nSPS) is 20.9. The van der Waals surface area contributed by atoms with Crippen LogP contribution in [0.1, 0.15) is 26.2 Å². The van der Waals surface area contributed by atoms with E-state index < -0.39 is 0 Å². The van der Waals surface area contributed by atoms with Crippen molar-refractivity contribution >= 4 is 11.6 Å². The Bertz CT molecular complexity index is 405. The summed E-state index contributed by atoms with van der Waals surface area (Å²) in [5.41, 5.74) is 6.88. The van der Waals surface area contributed by atoms with Crippen molar-refractivity contribution in [3.63, 3.8) is 0 Å². The Balaban J connectivity index is 1.89. The van der Waals surface area contributed by atoms with Gasteiger partial charge in [0.25, 0.3) is 0 Å². The van der Waals surface area contributed by atoms with Crippen LogP contribution >= 0.6 is 0 Å². The third-order valence-corrected chi connectivity index (χ3v) is 3.42. The van der Waals surface area contributed by atoms with E-state index in [1.807, 2.05) is 25.1 Å². The van der Waals surface area contributed by atoms with Crippen molar-refractivity contribution in [2.24, 2.45) is 5.73 Å². The number of carbonyl (C=O) groups is 1. The van der Waals surface area contributed by atoms with E-state index in [4.69, 9.17) is 5.73 Å². The van der Waals surface area contributed by atoms with Crippen molar-refractivity contribution < 1.29 is 4.79 Å². The molecule has 1 fully saturated rings. The average Bonchev–Trinajstić information content (AvgIpc) is 2.39. The summed E-state index contributed by atoms with van der Waals surface area (Å²) >= 11 is 0. The Morgan fingerprint density at radius 1 is 1.47 bits per heavy atom. The van der Waals surface area contributed by atoms with Crippen LogP contribution in [0.25, 0.3) is 0 Å². The molecule has 1 amide bonds. The minimum atomic E-state index is -0.0752. The molecule has 0 aromatic heterocycles. The fraction of sp³-hybridized carbons (Fsp3) is 0.533. The molecule has 0 bridgehead atoms. The van der Waals surface area contributed by atoms with Gasteiger partial charge in [-0.05, 0) is 31.9 Å². The van der Waals surface area contributed by atoms with E-state index in [-0.39, 0.29) is 18.0 Å². The molecular weight excluding hydrogens is 238 g/mol. The maximum atomic E-state index is 11.8. The highest BCUT2D eigenvalue weighted by atomic mass is 16.1. The lowest BCUT2D eigenvalue weighted by Gasteiger charge is -2.34. The first-order valence-corrected chi connectivity index (χ1v) is 7.00. The largest absolute Gasteiger partial charge is 0.369 e. The van der Waals surface area contributed by atoms with Gasteiger partial charge in [0, 0.05) is 37.3 Å². The summed E-state index contributed by atoms with van der Waals surface area (Å²) in [6.45, 7) is 3.80. The Hall–Kier alpha value is -1.55. The third-order valence-electron chi connectivity index (χ3n) is 3.42. The maximum Gasteiger partial charge on any atom is 0.221 e. The van der Waals surface area contributed by atoms with E-state index in [0.717, 1.165) is 25.9 Å². The molecule has 4 heteroatoms. The third kappa shape index (κ3) is 4.24. The second-order valence-corrected chi connectivity index (χ2v) is 5.37. The van der Waals surface area contributed by atoms with E-state index >= 15 is 0 Å². The summed E-state index contributed by atoms with van der Waals surface area (Å²) in [7, 11) is 0. The molecule has 2 rings (SSSR count). The fourth-order valence-electron chi connectivity index (χ4n) is 2.55. The van der Waals surface area contributed by atoms with Crippen LogP contribution in [0.3, 0.4) is 0 Å². The molecule has 0 aliphatic carbocycles. The zero-order chi connectivity index (χ0) is 13.7. The molecule has 0 spiro atoms. The molecule has 1 aliphatic rings. The Labute approximate surface area is 115 Å². The summed E-state index contributed by atoms with van der Waals surface area (Å²) in [4.78, 5) is 14.1. The second-order valence-electron chi connectivity index (χ2n) is 5.37. The Morgan fingerprint density at radius 3 is 2.89 bits per heavy atom. The van der Waals surface area contributed by atoms with Crippen LogP contribution in [0.5, 0.6) is 0 Å². The summed E-state index contributed by atoms with van der Waals surface area (Å²) in [5, 5.41) is 3.09. The highest BCUT2D eigenvalue weighted by molar-refractivity contribution is 5.76. The molecule has 2 atom stereocenters. The van der Waals surface area contributed by atoms with E-state index in [9.17, 15) is 4.79 Å². The molecule has 1 saturated heterocycles. The van der Waals surface area contributed by atoms with Crippen molar-refractivity contribution in [1.29, 1.82) is 0 Å². The SMILES string of the molecule is CC(N)CC(=O)NC1CCCN(c2ccccc2)C1. The minimum Gasteiger partial charge on any atom is -0.369 e. The number of nitrogens with one attached hydrogen (secondary N) is 1. The molecule has 1 heterocycles. The number of hydrogen-bond acceptors (Lipinski definition) is 3. The molecule has 104 valence electrons. The monoisotopic (exact) mass is 261 g/mol. The van der Waals surface area contributed by atoms with Gasteiger partial charge in [-0.2, -0.15) is 0 Å². The van der Waals surface area contributed by atoms with E-state index in [1.165, 1.54) is 5.69 Å². The molecule has 0 saturated carbocycles. The number of para-hydroxylation sites is 1. The smallest absolute Gasteiger partial charge is 0.221 e. The number of nitrogens with zero attached hydrogens (tertiary/aromatic N) is 1. The quantitative estimate of drug-likeness (QED) is 0.863. The van der Waals surface area contributed by atoms with Gasteiger partial charge in [-0.3, -0.25) is 4.79 Å². The van der Waals surface area contributed by atoms with Crippen LogP contribution in [-0.2, 0) is 4.79 Å². The number of rotatable bonds is 4. The van der Waals surface area contributed by atoms with E-state index in [2.05, 4.69) is 22.3 Å². The number of nitrogens with two attached hydrogens (primary N) is 1. The first-order valence-electron chi connectivity index (χ1n) is 7.00. The number of amides is 1. The molecule has 1 aromatic carbocycles. The lowest BCUT2D eigenvalue weighted by molar-refractivity contribution is -0.122. The van der Waals surface area contributed by atoms with Crippen molar-refractivity contribution in [2.75, 3.05) is 18.0 Å². The van der Waals surface area contributed by atoms with Gasteiger partial charge in [-0.15, -0.1) is 0 Å². The molecule has 19 heavy (non-hydrogen) atoms. The number of hydrogen-bond donors (Lipinski definition) is 2. The highest BCUT2D eigenvalue weighted by Crippen LogP contribution is 2.19. The van der Waals surface area contributed by atoms with Gasteiger partial charge in [0.1, 0.15) is 0 Å². The Kier molecular flexibility index (Phi) is 4.80. The molecule has 4 nitrogen and oxygen atoms in total. The molecule has 3 N–H and O–H groups in total. The average molecular weight is 261 g/mol. The summed E-state index contributed by atoms with van der Waals surface area (Å²) in [5.74, 6) is 0.0647. The molecule has 1 aliphatic heterocycles. The van der Waals surface area contributed by atoms with Crippen LogP contribution in [0.2, 0.25) is 0 Å². The molecular formula is C15H23N3O. The van der Waals surface area contributed by atoms with Crippen LogP contribution in [-0.4, -0.2) is 31.1 Å². The molecule has 0 radical (unpaired) electrons. The van der Waals surface area contributed by atoms with Gasteiger partial charge in [0.2, 0.25) is 5.91 Å². The van der Waals surface area contributed by atoms with E-state index in [1.54, 1.807) is 0 Å². The van der Waals surface area contributed by atoms with Crippen molar-refractivity contribution in [1.82, 2.24) is 5.32 Å². The summed E-state index contributed by atoms with van der Waals surface area (Å²) in [6.07, 6.45) is 2.56. The Morgan fingerprint density at radius 2 is 2.21 bits per heavy atom. The topological polar surface area (TPSA) is 58.4 Å². The van der Waals surface area contributed by atoms with Crippen LogP contribution in [0.15, 0.2) is 30.3 Å². The number of piperidine rings is 1. The number of benzene rings is 1. The summed E-state index contributed by atoms with van der Waals surface area (Å²) in [6, 6.07) is 10.5. The van der Waals surface area contributed by atoms with Crippen molar-refractivity contribution in [3.8, 4) is 0 Å². The van der Waals surface area contributed by atoms with Gasteiger partial charge < -0.3 is 16.0 Å². The zero-order valence-electron chi connectivity index (χ0n) is 11.5. The standard InChI is InChI=1S/C15H23N3O/c1-12(16)10-15(19)17-13-6-5-9-18(11-13)14-7-3-2-4-8-14/h2-4,7-8,12-13H,5-6,9-11,16H2,1H3,(H,17,19). The van der Waals surface area contributed by atoms with Gasteiger partial charge in [0.15, 0.2) is 0 Å². The number of carbonyl (C=O) groups excluding carboxylic acids is 1. The van der Waals surface area contributed by atoms with Crippen molar-refractivity contribution in [3.05, 3.63) is 30.3 Å². The minimum absolute atomic E-state index is 0.0647. The second kappa shape index (κ2) is 6.57. The number of anilines is 1. The van der Waals surface area contributed by atoms with Gasteiger partial charge in [0.05, 0.1) is 0 Å². The lowest BCUT2D eigenvalue weighted by Crippen LogP contribution is -2.48. The van der Waals surface area contributed by atoms with Crippen LogP contribution in [0.4, 0.5) is 5.69 Å². The lowest BCUT2D eigenvalue weighted by atomic mass is 10.0. The predicted octanol–water partition coefficient (Wildman–Crippen LogP) is 1.51. The molecule has 2 unspecified atom stereocenters. The predicted molar refractivity (Wildman–Crippen MR) is 78.1 cm³/mol.